The van der Waals surface area contributed by atoms with Crippen LogP contribution in [0, 0.1) is 0 Å². The van der Waals surface area contributed by atoms with Crippen molar-refractivity contribution < 1.29 is 4.74 Å². The van der Waals surface area contributed by atoms with Crippen LogP contribution >= 0.6 is 0 Å². The number of ether oxygens (including phenoxy) is 1. The van der Waals surface area contributed by atoms with Crippen LogP contribution < -0.4 is 17.0 Å². The lowest BCUT2D eigenvalue weighted by Gasteiger charge is -2.08. The van der Waals surface area contributed by atoms with Gasteiger partial charge in [0.25, 0.3) is 5.56 Å². The maximum atomic E-state index is 12.2. The van der Waals surface area contributed by atoms with Gasteiger partial charge in [-0.1, -0.05) is 0 Å². The Bertz CT molecular complexity index is 753. The van der Waals surface area contributed by atoms with Gasteiger partial charge in [0.15, 0.2) is 11.2 Å². The number of methoxy groups -OCH3 is 1. The molecule has 1 unspecified atom stereocenters. The van der Waals surface area contributed by atoms with Crippen molar-refractivity contribution in [3.05, 3.63) is 26.7 Å². The molecule has 8 nitrogen and oxygen atoms in total. The van der Waals surface area contributed by atoms with Gasteiger partial charge in [-0.3, -0.25) is 13.9 Å². The molecule has 0 aromatic carbocycles. The SMILES string of the molecule is COCCn1c(=O)n(C)c(=O)c2c1nc(C(C)N)n2C. The van der Waals surface area contributed by atoms with E-state index in [0.29, 0.717) is 30.1 Å². The van der Waals surface area contributed by atoms with E-state index < -0.39 is 5.69 Å². The monoisotopic (exact) mass is 281 g/mol. The van der Waals surface area contributed by atoms with Crippen LogP contribution in [0.5, 0.6) is 0 Å². The van der Waals surface area contributed by atoms with Gasteiger partial charge in [-0.05, 0) is 6.92 Å². The molecule has 2 rings (SSSR count). The molecule has 2 aromatic rings. The molecule has 20 heavy (non-hydrogen) atoms. The summed E-state index contributed by atoms with van der Waals surface area (Å²) in [6.45, 7) is 2.47. The highest BCUT2D eigenvalue weighted by Gasteiger charge is 2.19. The Balaban J connectivity index is 2.88. The average Bonchev–Trinajstić information content (AvgIpc) is 2.74. The van der Waals surface area contributed by atoms with Crippen molar-refractivity contribution in [2.24, 2.45) is 19.8 Å². The zero-order valence-corrected chi connectivity index (χ0v) is 12.1. The molecule has 0 amide bonds. The Morgan fingerprint density at radius 3 is 2.50 bits per heavy atom. The molecule has 2 aromatic heterocycles. The van der Waals surface area contributed by atoms with Crippen LogP contribution in [-0.4, -0.2) is 32.4 Å². The summed E-state index contributed by atoms with van der Waals surface area (Å²) in [5.41, 5.74) is 5.79. The van der Waals surface area contributed by atoms with Crippen LogP contribution in [0.2, 0.25) is 0 Å². The lowest BCUT2D eigenvalue weighted by Crippen LogP contribution is -2.39. The number of hydrogen-bond donors (Lipinski definition) is 1. The minimum atomic E-state index is -0.408. The second-order valence-electron chi connectivity index (χ2n) is 4.78. The highest BCUT2D eigenvalue weighted by Crippen LogP contribution is 2.14. The lowest BCUT2D eigenvalue weighted by atomic mass is 10.3. The second kappa shape index (κ2) is 5.22. The topological polar surface area (TPSA) is 97.1 Å². The molecule has 2 N–H and O–H groups in total. The van der Waals surface area contributed by atoms with Gasteiger partial charge in [-0.2, -0.15) is 0 Å². The van der Waals surface area contributed by atoms with Gasteiger partial charge >= 0.3 is 5.69 Å². The predicted molar refractivity (Wildman–Crippen MR) is 74.7 cm³/mol. The highest BCUT2D eigenvalue weighted by molar-refractivity contribution is 5.71. The zero-order chi connectivity index (χ0) is 15.0. The summed E-state index contributed by atoms with van der Waals surface area (Å²) < 4.78 is 9.15. The largest absolute Gasteiger partial charge is 0.383 e. The lowest BCUT2D eigenvalue weighted by molar-refractivity contribution is 0.186. The number of nitrogens with zero attached hydrogens (tertiary/aromatic N) is 4. The maximum absolute atomic E-state index is 12.2. The van der Waals surface area contributed by atoms with Gasteiger partial charge in [-0.15, -0.1) is 0 Å². The molecule has 0 saturated heterocycles. The van der Waals surface area contributed by atoms with Crippen LogP contribution in [0.3, 0.4) is 0 Å². The van der Waals surface area contributed by atoms with Crippen molar-refractivity contribution in [2.45, 2.75) is 19.5 Å². The summed E-state index contributed by atoms with van der Waals surface area (Å²) in [6.07, 6.45) is 0. The van der Waals surface area contributed by atoms with E-state index in [1.54, 1.807) is 25.6 Å². The van der Waals surface area contributed by atoms with Gasteiger partial charge in [-0.25, -0.2) is 9.78 Å². The third kappa shape index (κ3) is 2.06. The first-order chi connectivity index (χ1) is 9.40. The molecule has 0 saturated carbocycles. The fraction of sp³-hybridized carbons (Fsp3) is 0.583. The first-order valence-electron chi connectivity index (χ1n) is 6.30. The molecular formula is C12H19N5O3. The zero-order valence-electron chi connectivity index (χ0n) is 12.1. The van der Waals surface area contributed by atoms with E-state index in [0.717, 1.165) is 4.57 Å². The van der Waals surface area contributed by atoms with Crippen molar-refractivity contribution in [3.63, 3.8) is 0 Å². The molecule has 2 heterocycles. The summed E-state index contributed by atoms with van der Waals surface area (Å²) in [6, 6.07) is -0.330. The first kappa shape index (κ1) is 14.5. The van der Waals surface area contributed by atoms with E-state index >= 15 is 0 Å². The fourth-order valence-corrected chi connectivity index (χ4v) is 2.24. The van der Waals surface area contributed by atoms with E-state index in [1.165, 1.54) is 11.6 Å². The standard InChI is InChI=1S/C12H19N5O3/c1-7(13)9-14-10-8(15(9)2)11(18)16(3)12(19)17(10)5-6-20-4/h7H,5-6,13H2,1-4H3. The Kier molecular flexibility index (Phi) is 3.78. The third-order valence-corrected chi connectivity index (χ3v) is 3.32. The summed E-state index contributed by atoms with van der Waals surface area (Å²) in [7, 11) is 4.72. The van der Waals surface area contributed by atoms with Crippen molar-refractivity contribution in [2.75, 3.05) is 13.7 Å². The third-order valence-electron chi connectivity index (χ3n) is 3.32. The molecule has 0 radical (unpaired) electrons. The Labute approximate surface area is 115 Å². The van der Waals surface area contributed by atoms with Crippen molar-refractivity contribution >= 4 is 11.2 Å². The van der Waals surface area contributed by atoms with Gasteiger partial charge in [0.05, 0.1) is 19.2 Å². The summed E-state index contributed by atoms with van der Waals surface area (Å²) in [4.78, 5) is 28.8. The predicted octanol–water partition coefficient (Wildman–Crippen LogP) is -0.900. The van der Waals surface area contributed by atoms with Crippen LogP contribution in [0.15, 0.2) is 9.59 Å². The van der Waals surface area contributed by atoms with Gasteiger partial charge in [0.1, 0.15) is 5.82 Å². The number of aryl methyl sites for hydroxylation is 1. The Hall–Kier alpha value is -1.93. The van der Waals surface area contributed by atoms with Crippen LogP contribution in [0.25, 0.3) is 11.2 Å². The van der Waals surface area contributed by atoms with E-state index in [2.05, 4.69) is 4.98 Å². The molecule has 0 aliphatic carbocycles. The van der Waals surface area contributed by atoms with Crippen molar-refractivity contribution in [3.8, 4) is 0 Å². The highest BCUT2D eigenvalue weighted by atomic mass is 16.5. The van der Waals surface area contributed by atoms with Gasteiger partial charge < -0.3 is 15.0 Å². The van der Waals surface area contributed by atoms with Gasteiger partial charge in [0.2, 0.25) is 0 Å². The summed E-state index contributed by atoms with van der Waals surface area (Å²) in [5, 5.41) is 0. The molecule has 0 aliphatic heterocycles. The number of imidazole rings is 1. The van der Waals surface area contributed by atoms with E-state index in [9.17, 15) is 9.59 Å². The van der Waals surface area contributed by atoms with Crippen molar-refractivity contribution in [1.29, 1.82) is 0 Å². The molecule has 0 spiro atoms. The first-order valence-corrected chi connectivity index (χ1v) is 6.30. The summed E-state index contributed by atoms with van der Waals surface area (Å²) in [5.74, 6) is 0.564. The van der Waals surface area contributed by atoms with E-state index in [4.69, 9.17) is 10.5 Å². The maximum Gasteiger partial charge on any atom is 0.332 e. The Morgan fingerprint density at radius 1 is 1.30 bits per heavy atom. The van der Waals surface area contributed by atoms with E-state index in [-0.39, 0.29) is 11.6 Å². The number of hydrogen-bond acceptors (Lipinski definition) is 5. The number of fused-ring (bicyclic) bond motifs is 1. The molecule has 0 fully saturated rings. The van der Waals surface area contributed by atoms with Crippen LogP contribution in [0.1, 0.15) is 18.8 Å². The van der Waals surface area contributed by atoms with Crippen molar-refractivity contribution in [1.82, 2.24) is 18.7 Å². The number of rotatable bonds is 4. The molecule has 0 bridgehead atoms. The average molecular weight is 281 g/mol. The molecule has 110 valence electrons. The van der Waals surface area contributed by atoms with E-state index in [1.807, 2.05) is 0 Å². The van der Waals surface area contributed by atoms with Crippen LogP contribution in [0.4, 0.5) is 0 Å². The quantitative estimate of drug-likeness (QED) is 0.783. The second-order valence-corrected chi connectivity index (χ2v) is 4.78. The van der Waals surface area contributed by atoms with Gasteiger partial charge in [0, 0.05) is 21.2 Å². The fourth-order valence-electron chi connectivity index (χ4n) is 2.24. The summed E-state index contributed by atoms with van der Waals surface area (Å²) >= 11 is 0. The number of aromatic nitrogens is 4. The minimum absolute atomic E-state index is 0.329. The molecule has 0 aliphatic rings. The number of nitrogens with two attached hydrogens (primary N) is 1. The minimum Gasteiger partial charge on any atom is -0.383 e. The smallest absolute Gasteiger partial charge is 0.332 e. The molecule has 8 heteroatoms. The normalized spacial score (nSPS) is 13.1. The molecule has 1 atom stereocenters. The molecular weight excluding hydrogens is 262 g/mol. The Morgan fingerprint density at radius 2 is 1.95 bits per heavy atom. The van der Waals surface area contributed by atoms with Crippen LogP contribution in [-0.2, 0) is 25.4 Å².